The first-order chi connectivity index (χ1) is 8.36. The minimum atomic E-state index is -1.27. The van der Waals surface area contributed by atoms with Crippen LogP contribution < -0.4 is 5.32 Å². The van der Waals surface area contributed by atoms with Crippen LogP contribution in [0, 0.1) is 0 Å². The van der Waals surface area contributed by atoms with Crippen molar-refractivity contribution in [3.05, 3.63) is 0 Å². The van der Waals surface area contributed by atoms with E-state index in [0.29, 0.717) is 11.5 Å². The summed E-state index contributed by atoms with van der Waals surface area (Å²) in [5.41, 5.74) is 0. The molecule has 0 aliphatic heterocycles. The third-order valence-corrected chi connectivity index (χ3v) is 1.93. The Morgan fingerprint density at radius 2 is 1.72 bits per heavy atom. The van der Waals surface area contributed by atoms with Crippen LogP contribution in [0.4, 0.5) is 4.79 Å². The van der Waals surface area contributed by atoms with Gasteiger partial charge in [-0.05, 0) is 13.8 Å². The van der Waals surface area contributed by atoms with Crippen LogP contribution in [0.25, 0.3) is 0 Å². The fraction of sp³-hybridized carbons (Fsp3) is 0.700. The molecule has 2 amide bonds. The molecule has 0 bridgehead atoms. The third-order valence-electron chi connectivity index (χ3n) is 1.93. The van der Waals surface area contributed by atoms with Crippen molar-refractivity contribution < 1.29 is 29.3 Å². The zero-order chi connectivity index (χ0) is 14.1. The standard InChI is InChI=1S/C10H18N2O6/c1-3-18-7(2)4-11-10(17)12(5-8(13)14)6-9(15)16/h7H,3-6H2,1-2H3,(H,11,17)(H,13,14)(H,15,16). The van der Waals surface area contributed by atoms with Crippen molar-refractivity contribution in [3.8, 4) is 0 Å². The Labute approximate surface area is 105 Å². The summed E-state index contributed by atoms with van der Waals surface area (Å²) in [7, 11) is 0. The Kier molecular flexibility index (Phi) is 7.45. The molecule has 1 unspecified atom stereocenters. The zero-order valence-electron chi connectivity index (χ0n) is 10.4. The first kappa shape index (κ1) is 16.2. The predicted molar refractivity (Wildman–Crippen MR) is 61.3 cm³/mol. The molecule has 0 saturated heterocycles. The van der Waals surface area contributed by atoms with Gasteiger partial charge in [0.05, 0.1) is 6.10 Å². The third kappa shape index (κ3) is 7.44. The summed E-state index contributed by atoms with van der Waals surface area (Å²) in [6.07, 6.45) is -0.226. The molecule has 0 radical (unpaired) electrons. The van der Waals surface area contributed by atoms with Gasteiger partial charge < -0.3 is 25.2 Å². The number of aliphatic carboxylic acids is 2. The Bertz CT molecular complexity index is 291. The molecule has 1 atom stereocenters. The molecule has 8 nitrogen and oxygen atoms in total. The molecule has 0 aromatic heterocycles. The highest BCUT2D eigenvalue weighted by Crippen LogP contribution is 1.93. The lowest BCUT2D eigenvalue weighted by Gasteiger charge is -2.20. The number of hydrogen-bond donors (Lipinski definition) is 3. The van der Waals surface area contributed by atoms with Crippen molar-refractivity contribution in [2.45, 2.75) is 20.0 Å². The minimum Gasteiger partial charge on any atom is -0.480 e. The van der Waals surface area contributed by atoms with Crippen molar-refractivity contribution >= 4 is 18.0 Å². The highest BCUT2D eigenvalue weighted by atomic mass is 16.5. The first-order valence-corrected chi connectivity index (χ1v) is 5.44. The normalized spacial score (nSPS) is 11.7. The van der Waals surface area contributed by atoms with E-state index in [-0.39, 0.29) is 12.6 Å². The predicted octanol–water partition coefficient (Wildman–Crippen LogP) is -0.408. The Hall–Kier alpha value is -1.83. The lowest BCUT2D eigenvalue weighted by Crippen LogP contribution is -2.47. The van der Waals surface area contributed by atoms with Gasteiger partial charge in [0.1, 0.15) is 13.1 Å². The van der Waals surface area contributed by atoms with Crippen molar-refractivity contribution in [2.24, 2.45) is 0 Å². The smallest absolute Gasteiger partial charge is 0.323 e. The highest BCUT2D eigenvalue weighted by Gasteiger charge is 2.19. The molecule has 104 valence electrons. The van der Waals surface area contributed by atoms with Crippen molar-refractivity contribution in [2.75, 3.05) is 26.2 Å². The number of carboxylic acids is 2. The molecule has 0 aromatic rings. The second-order valence-electron chi connectivity index (χ2n) is 3.60. The van der Waals surface area contributed by atoms with Gasteiger partial charge in [-0.2, -0.15) is 0 Å². The summed E-state index contributed by atoms with van der Waals surface area (Å²) in [5.74, 6) is -2.55. The van der Waals surface area contributed by atoms with E-state index in [2.05, 4.69) is 5.32 Å². The Morgan fingerprint density at radius 1 is 1.22 bits per heavy atom. The molecule has 18 heavy (non-hydrogen) atoms. The van der Waals surface area contributed by atoms with E-state index in [1.807, 2.05) is 0 Å². The number of urea groups is 1. The molecular formula is C10H18N2O6. The van der Waals surface area contributed by atoms with Crippen LogP contribution >= 0.6 is 0 Å². The van der Waals surface area contributed by atoms with Gasteiger partial charge in [0.2, 0.25) is 0 Å². The minimum absolute atomic E-state index is 0.183. The van der Waals surface area contributed by atoms with Crippen LogP contribution in [0.1, 0.15) is 13.8 Å². The second-order valence-corrected chi connectivity index (χ2v) is 3.60. The fourth-order valence-corrected chi connectivity index (χ4v) is 1.21. The lowest BCUT2D eigenvalue weighted by atomic mass is 10.4. The first-order valence-electron chi connectivity index (χ1n) is 5.44. The van der Waals surface area contributed by atoms with E-state index in [1.54, 1.807) is 13.8 Å². The molecule has 0 saturated carbocycles. The van der Waals surface area contributed by atoms with Gasteiger partial charge in [-0.15, -0.1) is 0 Å². The summed E-state index contributed by atoms with van der Waals surface area (Å²) < 4.78 is 5.17. The van der Waals surface area contributed by atoms with Gasteiger partial charge in [0, 0.05) is 13.2 Å². The quantitative estimate of drug-likeness (QED) is 0.547. The number of ether oxygens (including phenoxy) is 1. The van der Waals surface area contributed by atoms with Crippen LogP contribution in [-0.4, -0.2) is 65.4 Å². The number of carbonyl (C=O) groups is 3. The van der Waals surface area contributed by atoms with Crippen LogP contribution in [0.2, 0.25) is 0 Å². The number of nitrogens with zero attached hydrogens (tertiary/aromatic N) is 1. The maximum absolute atomic E-state index is 11.6. The van der Waals surface area contributed by atoms with Gasteiger partial charge in [-0.1, -0.05) is 0 Å². The summed E-state index contributed by atoms with van der Waals surface area (Å²) in [4.78, 5) is 33.2. The topological polar surface area (TPSA) is 116 Å². The average molecular weight is 262 g/mol. The molecule has 0 aliphatic rings. The maximum atomic E-state index is 11.6. The number of amides is 2. The van der Waals surface area contributed by atoms with Gasteiger partial charge in [-0.25, -0.2) is 4.79 Å². The van der Waals surface area contributed by atoms with E-state index >= 15 is 0 Å². The Morgan fingerprint density at radius 3 is 2.11 bits per heavy atom. The molecular weight excluding hydrogens is 244 g/mol. The number of hydrogen-bond acceptors (Lipinski definition) is 4. The van der Waals surface area contributed by atoms with Crippen LogP contribution in [0.15, 0.2) is 0 Å². The Balaban J connectivity index is 4.28. The van der Waals surface area contributed by atoms with Gasteiger partial charge in [-0.3, -0.25) is 9.59 Å². The number of rotatable bonds is 8. The van der Waals surface area contributed by atoms with E-state index in [1.165, 1.54) is 0 Å². The van der Waals surface area contributed by atoms with Crippen molar-refractivity contribution in [1.29, 1.82) is 0 Å². The molecule has 0 spiro atoms. The fourth-order valence-electron chi connectivity index (χ4n) is 1.21. The molecule has 0 heterocycles. The largest absolute Gasteiger partial charge is 0.480 e. The van der Waals surface area contributed by atoms with E-state index in [4.69, 9.17) is 14.9 Å². The van der Waals surface area contributed by atoms with E-state index in [9.17, 15) is 14.4 Å². The summed E-state index contributed by atoms with van der Waals surface area (Å²) in [6.45, 7) is 2.89. The highest BCUT2D eigenvalue weighted by molar-refractivity contribution is 5.84. The number of nitrogens with one attached hydrogen (secondary N) is 1. The number of carbonyl (C=O) groups excluding carboxylic acids is 1. The van der Waals surface area contributed by atoms with Gasteiger partial charge in [0.15, 0.2) is 0 Å². The molecule has 0 rings (SSSR count). The molecule has 3 N–H and O–H groups in total. The monoisotopic (exact) mass is 262 g/mol. The van der Waals surface area contributed by atoms with Crippen molar-refractivity contribution in [3.63, 3.8) is 0 Å². The second kappa shape index (κ2) is 8.29. The lowest BCUT2D eigenvalue weighted by molar-refractivity contribution is -0.140. The summed E-state index contributed by atoms with van der Waals surface area (Å²) in [6, 6.07) is -0.744. The van der Waals surface area contributed by atoms with Gasteiger partial charge >= 0.3 is 18.0 Å². The molecule has 0 aliphatic carbocycles. The SMILES string of the molecule is CCOC(C)CNC(=O)N(CC(=O)O)CC(=O)O. The summed E-state index contributed by atoms with van der Waals surface area (Å²) >= 11 is 0. The van der Waals surface area contributed by atoms with Crippen LogP contribution in [0.3, 0.4) is 0 Å². The molecule has 0 aromatic carbocycles. The van der Waals surface area contributed by atoms with Crippen LogP contribution in [-0.2, 0) is 14.3 Å². The zero-order valence-corrected chi connectivity index (χ0v) is 10.4. The molecule has 8 heteroatoms. The van der Waals surface area contributed by atoms with E-state index < -0.39 is 31.1 Å². The maximum Gasteiger partial charge on any atom is 0.323 e. The number of carboxylic acid groups (broad SMARTS) is 2. The van der Waals surface area contributed by atoms with Crippen molar-refractivity contribution in [1.82, 2.24) is 10.2 Å². The average Bonchev–Trinajstić information content (AvgIpc) is 2.24. The van der Waals surface area contributed by atoms with E-state index in [0.717, 1.165) is 0 Å². The summed E-state index contributed by atoms with van der Waals surface area (Å²) in [5, 5.41) is 19.5. The van der Waals surface area contributed by atoms with Gasteiger partial charge in [0.25, 0.3) is 0 Å². The van der Waals surface area contributed by atoms with Crippen LogP contribution in [0.5, 0.6) is 0 Å². The molecule has 0 fully saturated rings.